The van der Waals surface area contributed by atoms with Crippen LogP contribution in [0.4, 0.5) is 11.4 Å². The molecule has 0 fully saturated rings. The molecule has 0 saturated carbocycles. The number of nitrogen functional groups attached to an aromatic ring is 2. The molecule has 21 heavy (non-hydrogen) atoms. The van der Waals surface area contributed by atoms with Crippen LogP contribution in [0.1, 0.15) is 15.9 Å². The maximum atomic E-state index is 12.7. The van der Waals surface area contributed by atoms with Crippen LogP contribution in [0.15, 0.2) is 54.6 Å². The van der Waals surface area contributed by atoms with Crippen LogP contribution in [0.25, 0.3) is 10.8 Å². The molecule has 0 bridgehead atoms. The molecule has 5 N–H and O–H groups in total. The molecule has 0 unspecified atom stereocenters. The van der Waals surface area contributed by atoms with Crippen LogP contribution in [0.3, 0.4) is 0 Å². The second-order valence-electron chi connectivity index (χ2n) is 4.85. The maximum absolute atomic E-state index is 12.7. The SMILES string of the molecule is Nc1ccc(C(=O)c2c(N)ccc3c(O)cccc23)cc1. The van der Waals surface area contributed by atoms with E-state index in [1.807, 2.05) is 0 Å². The molecule has 104 valence electrons. The Bertz CT molecular complexity index is 839. The first-order valence-electron chi connectivity index (χ1n) is 6.48. The van der Waals surface area contributed by atoms with E-state index < -0.39 is 0 Å². The molecule has 0 spiro atoms. The summed E-state index contributed by atoms with van der Waals surface area (Å²) in [6.45, 7) is 0. The number of carbonyl (C=O) groups excluding carboxylic acids is 1. The van der Waals surface area contributed by atoms with Gasteiger partial charge in [-0.25, -0.2) is 0 Å². The number of anilines is 2. The highest BCUT2D eigenvalue weighted by molar-refractivity contribution is 6.20. The zero-order valence-corrected chi connectivity index (χ0v) is 11.2. The summed E-state index contributed by atoms with van der Waals surface area (Å²) in [5.41, 5.74) is 13.5. The summed E-state index contributed by atoms with van der Waals surface area (Å²) in [5.74, 6) is -0.0671. The molecule has 0 atom stereocenters. The smallest absolute Gasteiger partial charge is 0.195 e. The van der Waals surface area contributed by atoms with Gasteiger partial charge in [0, 0.05) is 22.3 Å². The molecule has 3 aromatic carbocycles. The van der Waals surface area contributed by atoms with E-state index in [1.165, 1.54) is 0 Å². The minimum absolute atomic E-state index is 0.124. The van der Waals surface area contributed by atoms with Crippen molar-refractivity contribution in [2.45, 2.75) is 0 Å². The van der Waals surface area contributed by atoms with E-state index in [9.17, 15) is 9.90 Å². The van der Waals surface area contributed by atoms with Gasteiger partial charge in [0.2, 0.25) is 0 Å². The van der Waals surface area contributed by atoms with Gasteiger partial charge >= 0.3 is 0 Å². The first-order valence-corrected chi connectivity index (χ1v) is 6.48. The molecule has 0 aliphatic heterocycles. The number of rotatable bonds is 2. The lowest BCUT2D eigenvalue weighted by Crippen LogP contribution is -2.06. The number of carbonyl (C=O) groups is 1. The Hall–Kier alpha value is -3.01. The fourth-order valence-electron chi connectivity index (χ4n) is 2.39. The van der Waals surface area contributed by atoms with E-state index in [0.717, 1.165) is 0 Å². The zero-order valence-electron chi connectivity index (χ0n) is 11.2. The van der Waals surface area contributed by atoms with Gasteiger partial charge in [0.05, 0.1) is 5.56 Å². The number of phenolic OH excluding ortho intramolecular Hbond substituents is 1. The van der Waals surface area contributed by atoms with Gasteiger partial charge in [-0.05, 0) is 47.9 Å². The van der Waals surface area contributed by atoms with Crippen LogP contribution in [0.5, 0.6) is 5.75 Å². The minimum atomic E-state index is -0.191. The van der Waals surface area contributed by atoms with Crippen molar-refractivity contribution in [3.8, 4) is 5.75 Å². The second kappa shape index (κ2) is 4.83. The molecule has 0 aliphatic carbocycles. The van der Waals surface area contributed by atoms with Gasteiger partial charge in [-0.15, -0.1) is 0 Å². The largest absolute Gasteiger partial charge is 0.507 e. The fourth-order valence-corrected chi connectivity index (χ4v) is 2.39. The fraction of sp³-hybridized carbons (Fsp3) is 0. The molecule has 3 rings (SSSR count). The van der Waals surface area contributed by atoms with Crippen molar-refractivity contribution in [2.24, 2.45) is 0 Å². The molecule has 0 aliphatic rings. The number of hydrogen-bond acceptors (Lipinski definition) is 4. The molecule has 0 radical (unpaired) electrons. The molecular formula is C17H14N2O2. The van der Waals surface area contributed by atoms with Gasteiger partial charge in [-0.3, -0.25) is 4.79 Å². The molecule has 0 amide bonds. The predicted octanol–water partition coefficient (Wildman–Crippen LogP) is 2.94. The van der Waals surface area contributed by atoms with Crippen molar-refractivity contribution < 1.29 is 9.90 Å². The van der Waals surface area contributed by atoms with E-state index in [4.69, 9.17) is 11.5 Å². The van der Waals surface area contributed by atoms with E-state index in [2.05, 4.69) is 0 Å². The molecule has 3 aromatic rings. The Morgan fingerprint density at radius 3 is 2.29 bits per heavy atom. The number of aromatic hydroxyl groups is 1. The van der Waals surface area contributed by atoms with Crippen LogP contribution < -0.4 is 11.5 Å². The highest BCUT2D eigenvalue weighted by Crippen LogP contribution is 2.31. The number of phenols is 1. The summed E-state index contributed by atoms with van der Waals surface area (Å²) in [5, 5.41) is 11.1. The number of benzene rings is 3. The first-order chi connectivity index (χ1) is 10.1. The summed E-state index contributed by atoms with van der Waals surface area (Å²) in [7, 11) is 0. The van der Waals surface area contributed by atoms with Crippen LogP contribution in [0, 0.1) is 0 Å². The summed E-state index contributed by atoms with van der Waals surface area (Å²) in [6.07, 6.45) is 0. The second-order valence-corrected chi connectivity index (χ2v) is 4.85. The lowest BCUT2D eigenvalue weighted by molar-refractivity contribution is 0.104. The van der Waals surface area contributed by atoms with Crippen LogP contribution in [0.2, 0.25) is 0 Å². The Kier molecular flexibility index (Phi) is 2.99. The van der Waals surface area contributed by atoms with Gasteiger partial charge in [0.1, 0.15) is 5.75 Å². The highest BCUT2D eigenvalue weighted by atomic mass is 16.3. The predicted molar refractivity (Wildman–Crippen MR) is 84.3 cm³/mol. The van der Waals surface area contributed by atoms with E-state index in [-0.39, 0.29) is 11.5 Å². The van der Waals surface area contributed by atoms with Crippen LogP contribution >= 0.6 is 0 Å². The van der Waals surface area contributed by atoms with Gasteiger partial charge in [-0.2, -0.15) is 0 Å². The van der Waals surface area contributed by atoms with E-state index in [1.54, 1.807) is 54.6 Å². The summed E-state index contributed by atoms with van der Waals surface area (Å²) >= 11 is 0. The third-order valence-corrected chi connectivity index (χ3v) is 3.47. The first kappa shape index (κ1) is 13.0. The van der Waals surface area contributed by atoms with Crippen molar-refractivity contribution in [3.63, 3.8) is 0 Å². The number of ketones is 1. The lowest BCUT2D eigenvalue weighted by Gasteiger charge is -2.10. The Morgan fingerprint density at radius 1 is 0.857 bits per heavy atom. The molecule has 0 saturated heterocycles. The third-order valence-electron chi connectivity index (χ3n) is 3.47. The highest BCUT2D eigenvalue weighted by Gasteiger charge is 2.17. The quantitative estimate of drug-likeness (QED) is 0.496. The van der Waals surface area contributed by atoms with Crippen LogP contribution in [-0.4, -0.2) is 10.9 Å². The standard InChI is InChI=1S/C17H14N2O2/c18-11-6-4-10(5-7-11)17(21)16-13-2-1-3-15(20)12(13)8-9-14(16)19/h1-9,20H,18-19H2. The average molecular weight is 278 g/mol. The Balaban J connectivity index is 2.24. The van der Waals surface area contributed by atoms with Crippen molar-refractivity contribution >= 4 is 27.9 Å². The molecular weight excluding hydrogens is 264 g/mol. The summed E-state index contributed by atoms with van der Waals surface area (Å²) in [4.78, 5) is 12.7. The lowest BCUT2D eigenvalue weighted by atomic mass is 9.95. The summed E-state index contributed by atoms with van der Waals surface area (Å²) < 4.78 is 0. The Morgan fingerprint density at radius 2 is 1.57 bits per heavy atom. The maximum Gasteiger partial charge on any atom is 0.195 e. The topological polar surface area (TPSA) is 89.3 Å². The monoisotopic (exact) mass is 278 g/mol. The van der Waals surface area contributed by atoms with Crippen molar-refractivity contribution in [3.05, 3.63) is 65.7 Å². The van der Waals surface area contributed by atoms with E-state index in [0.29, 0.717) is 33.3 Å². The zero-order chi connectivity index (χ0) is 15.0. The normalized spacial score (nSPS) is 10.7. The van der Waals surface area contributed by atoms with Crippen molar-refractivity contribution in [1.82, 2.24) is 0 Å². The Labute approximate surface area is 121 Å². The van der Waals surface area contributed by atoms with Crippen LogP contribution in [-0.2, 0) is 0 Å². The molecule has 4 heteroatoms. The summed E-state index contributed by atoms with van der Waals surface area (Å²) in [6, 6.07) is 15.1. The molecule has 0 heterocycles. The number of hydrogen-bond donors (Lipinski definition) is 3. The van der Waals surface area contributed by atoms with E-state index >= 15 is 0 Å². The van der Waals surface area contributed by atoms with Gasteiger partial charge in [0.15, 0.2) is 5.78 Å². The van der Waals surface area contributed by atoms with Gasteiger partial charge in [0.25, 0.3) is 0 Å². The minimum Gasteiger partial charge on any atom is -0.507 e. The van der Waals surface area contributed by atoms with Gasteiger partial charge in [-0.1, -0.05) is 12.1 Å². The van der Waals surface area contributed by atoms with Gasteiger partial charge < -0.3 is 16.6 Å². The average Bonchev–Trinajstić information content (AvgIpc) is 2.47. The molecule has 0 aromatic heterocycles. The molecule has 4 nitrogen and oxygen atoms in total. The number of fused-ring (bicyclic) bond motifs is 1. The van der Waals surface area contributed by atoms with Crippen molar-refractivity contribution in [1.29, 1.82) is 0 Å². The van der Waals surface area contributed by atoms with Crippen molar-refractivity contribution in [2.75, 3.05) is 11.5 Å². The third kappa shape index (κ3) is 2.17. The number of nitrogens with two attached hydrogens (primary N) is 2.